The second kappa shape index (κ2) is 10.2. The Hall–Kier alpha value is -3.19. The Morgan fingerprint density at radius 2 is 1.82 bits per heavy atom. The molecule has 0 saturated heterocycles. The summed E-state index contributed by atoms with van der Waals surface area (Å²) in [6, 6.07) is 17.8. The van der Waals surface area contributed by atoms with Gasteiger partial charge in [0.05, 0.1) is 13.2 Å². The van der Waals surface area contributed by atoms with Gasteiger partial charge >= 0.3 is 6.03 Å². The molecule has 0 bridgehead atoms. The van der Waals surface area contributed by atoms with Gasteiger partial charge in [-0.3, -0.25) is 0 Å². The second-order valence-electron chi connectivity index (χ2n) is 6.52. The highest BCUT2D eigenvalue weighted by molar-refractivity contribution is 5.74. The number of amides is 2. The first kappa shape index (κ1) is 19.6. The van der Waals surface area contributed by atoms with E-state index >= 15 is 0 Å². The zero-order chi connectivity index (χ0) is 19.6. The monoisotopic (exact) mass is 379 g/mol. The quantitative estimate of drug-likeness (QED) is 0.596. The lowest BCUT2D eigenvalue weighted by Crippen LogP contribution is -2.42. The van der Waals surface area contributed by atoms with Crippen molar-refractivity contribution < 1.29 is 9.90 Å². The average molecular weight is 379 g/mol. The van der Waals surface area contributed by atoms with E-state index in [9.17, 15) is 9.90 Å². The number of carbonyl (C=O) groups is 1. The molecule has 0 atom stereocenters. The number of benzene rings is 2. The molecular formula is C21H25N5O2. The number of aliphatic hydroxyl groups excluding tert-OH is 1. The standard InChI is InChI=1S/C21H25N5O2/c27-12-11-25(10-9-18-5-2-1-3-6-18)21(28)23-14-19-7-4-8-20(13-19)15-26-17-22-16-24-26/h1-8,13,16-17,27H,9-12,14-15H2,(H,23,28). The highest BCUT2D eigenvalue weighted by atomic mass is 16.3. The van der Waals surface area contributed by atoms with E-state index in [1.54, 1.807) is 15.9 Å². The van der Waals surface area contributed by atoms with Crippen LogP contribution in [0, 0.1) is 0 Å². The third-order valence-corrected chi connectivity index (χ3v) is 4.42. The van der Waals surface area contributed by atoms with Crippen molar-refractivity contribution >= 4 is 6.03 Å². The molecule has 1 heterocycles. The first-order valence-corrected chi connectivity index (χ1v) is 9.32. The summed E-state index contributed by atoms with van der Waals surface area (Å²) in [6.07, 6.45) is 3.94. The number of aromatic nitrogens is 3. The van der Waals surface area contributed by atoms with Crippen LogP contribution >= 0.6 is 0 Å². The van der Waals surface area contributed by atoms with Crippen molar-refractivity contribution in [3.8, 4) is 0 Å². The highest BCUT2D eigenvalue weighted by Gasteiger charge is 2.12. The Kier molecular flexibility index (Phi) is 7.14. The summed E-state index contributed by atoms with van der Waals surface area (Å²) in [4.78, 5) is 18.1. The maximum absolute atomic E-state index is 12.6. The molecule has 3 aromatic rings. The van der Waals surface area contributed by atoms with E-state index in [1.165, 1.54) is 11.9 Å². The number of aliphatic hydroxyl groups is 1. The van der Waals surface area contributed by atoms with Gasteiger partial charge in [-0.15, -0.1) is 0 Å². The topological polar surface area (TPSA) is 83.3 Å². The number of rotatable bonds is 9. The van der Waals surface area contributed by atoms with Crippen molar-refractivity contribution in [2.75, 3.05) is 19.7 Å². The number of urea groups is 1. The van der Waals surface area contributed by atoms with Crippen molar-refractivity contribution in [2.24, 2.45) is 0 Å². The van der Waals surface area contributed by atoms with E-state index in [4.69, 9.17) is 0 Å². The van der Waals surface area contributed by atoms with Crippen LogP contribution < -0.4 is 5.32 Å². The van der Waals surface area contributed by atoms with Gasteiger partial charge in [-0.1, -0.05) is 54.6 Å². The van der Waals surface area contributed by atoms with Crippen molar-refractivity contribution in [1.82, 2.24) is 25.0 Å². The van der Waals surface area contributed by atoms with Crippen molar-refractivity contribution in [2.45, 2.75) is 19.5 Å². The molecule has 0 unspecified atom stereocenters. The van der Waals surface area contributed by atoms with Crippen LogP contribution in [0.1, 0.15) is 16.7 Å². The maximum Gasteiger partial charge on any atom is 0.317 e. The molecule has 0 fully saturated rings. The number of hydrogen-bond donors (Lipinski definition) is 2. The third kappa shape index (κ3) is 5.92. The van der Waals surface area contributed by atoms with Crippen LogP contribution in [0.15, 0.2) is 67.3 Å². The Labute approximate surface area is 164 Å². The van der Waals surface area contributed by atoms with E-state index in [0.717, 1.165) is 17.5 Å². The van der Waals surface area contributed by atoms with Gasteiger partial charge < -0.3 is 15.3 Å². The Morgan fingerprint density at radius 3 is 2.57 bits per heavy atom. The molecule has 0 aliphatic heterocycles. The first-order chi connectivity index (χ1) is 13.7. The minimum Gasteiger partial charge on any atom is -0.395 e. The summed E-state index contributed by atoms with van der Waals surface area (Å²) < 4.78 is 1.75. The predicted octanol–water partition coefficient (Wildman–Crippen LogP) is 2.07. The molecule has 0 radical (unpaired) electrons. The maximum atomic E-state index is 12.6. The van der Waals surface area contributed by atoms with Gasteiger partial charge in [-0.05, 0) is 23.1 Å². The van der Waals surface area contributed by atoms with Gasteiger partial charge in [0.15, 0.2) is 0 Å². The van der Waals surface area contributed by atoms with Crippen LogP contribution in [0.4, 0.5) is 4.79 Å². The third-order valence-electron chi connectivity index (χ3n) is 4.42. The molecule has 7 heteroatoms. The summed E-state index contributed by atoms with van der Waals surface area (Å²) in [6.45, 7) is 1.87. The van der Waals surface area contributed by atoms with Gasteiger partial charge in [0, 0.05) is 19.6 Å². The smallest absolute Gasteiger partial charge is 0.317 e. The van der Waals surface area contributed by atoms with E-state index < -0.39 is 0 Å². The predicted molar refractivity (Wildman–Crippen MR) is 107 cm³/mol. The Bertz CT molecular complexity index is 852. The molecular weight excluding hydrogens is 354 g/mol. The molecule has 2 aromatic carbocycles. The fraction of sp³-hybridized carbons (Fsp3) is 0.286. The van der Waals surface area contributed by atoms with Crippen molar-refractivity contribution in [3.05, 3.63) is 83.9 Å². The number of hydrogen-bond acceptors (Lipinski definition) is 4. The van der Waals surface area contributed by atoms with Gasteiger partial charge in [-0.25, -0.2) is 14.5 Å². The average Bonchev–Trinajstić information content (AvgIpc) is 3.23. The lowest BCUT2D eigenvalue weighted by molar-refractivity contribution is 0.177. The lowest BCUT2D eigenvalue weighted by atomic mass is 10.1. The molecule has 0 saturated carbocycles. The normalized spacial score (nSPS) is 10.6. The SMILES string of the molecule is O=C(NCc1cccc(Cn2cncn2)c1)N(CCO)CCc1ccccc1. The summed E-state index contributed by atoms with van der Waals surface area (Å²) in [5.41, 5.74) is 3.27. The largest absolute Gasteiger partial charge is 0.395 e. The van der Waals surface area contributed by atoms with Crippen LogP contribution in [0.5, 0.6) is 0 Å². The molecule has 0 aliphatic carbocycles. The summed E-state index contributed by atoms with van der Waals surface area (Å²) in [5.74, 6) is 0. The minimum atomic E-state index is -0.174. The van der Waals surface area contributed by atoms with E-state index in [0.29, 0.717) is 26.2 Å². The molecule has 2 amide bonds. The molecule has 1 aromatic heterocycles. The van der Waals surface area contributed by atoms with Crippen LogP contribution in [0.3, 0.4) is 0 Å². The number of nitrogens with one attached hydrogen (secondary N) is 1. The van der Waals surface area contributed by atoms with Gasteiger partial charge in [-0.2, -0.15) is 5.10 Å². The van der Waals surface area contributed by atoms with Crippen LogP contribution in [-0.2, 0) is 19.5 Å². The number of nitrogens with zero attached hydrogens (tertiary/aromatic N) is 4. The minimum absolute atomic E-state index is 0.0599. The Morgan fingerprint density at radius 1 is 1.04 bits per heavy atom. The van der Waals surface area contributed by atoms with Gasteiger partial charge in [0.1, 0.15) is 12.7 Å². The molecule has 7 nitrogen and oxygen atoms in total. The molecule has 0 spiro atoms. The van der Waals surface area contributed by atoms with Crippen LogP contribution in [0.2, 0.25) is 0 Å². The van der Waals surface area contributed by atoms with Crippen molar-refractivity contribution in [3.63, 3.8) is 0 Å². The summed E-state index contributed by atoms with van der Waals surface area (Å²) >= 11 is 0. The zero-order valence-electron chi connectivity index (χ0n) is 15.7. The summed E-state index contributed by atoms with van der Waals surface area (Å²) in [7, 11) is 0. The zero-order valence-corrected chi connectivity index (χ0v) is 15.7. The first-order valence-electron chi connectivity index (χ1n) is 9.32. The number of carbonyl (C=O) groups excluding carboxylic acids is 1. The molecule has 2 N–H and O–H groups in total. The lowest BCUT2D eigenvalue weighted by Gasteiger charge is -2.22. The van der Waals surface area contributed by atoms with Gasteiger partial charge in [0.25, 0.3) is 0 Å². The molecule has 0 aliphatic rings. The molecule has 146 valence electrons. The Balaban J connectivity index is 1.53. The fourth-order valence-corrected chi connectivity index (χ4v) is 2.97. The highest BCUT2D eigenvalue weighted by Crippen LogP contribution is 2.07. The second-order valence-corrected chi connectivity index (χ2v) is 6.52. The van der Waals surface area contributed by atoms with Crippen molar-refractivity contribution in [1.29, 1.82) is 0 Å². The molecule has 3 rings (SSSR count). The van der Waals surface area contributed by atoms with E-state index in [-0.39, 0.29) is 12.6 Å². The van der Waals surface area contributed by atoms with E-state index in [1.807, 2.05) is 54.6 Å². The summed E-state index contributed by atoms with van der Waals surface area (Å²) in [5, 5.41) is 16.3. The van der Waals surface area contributed by atoms with Crippen LogP contribution in [-0.4, -0.2) is 50.5 Å². The molecule has 28 heavy (non-hydrogen) atoms. The van der Waals surface area contributed by atoms with Gasteiger partial charge in [0.2, 0.25) is 0 Å². The fourth-order valence-electron chi connectivity index (χ4n) is 2.97. The van der Waals surface area contributed by atoms with E-state index in [2.05, 4.69) is 15.4 Å². The van der Waals surface area contributed by atoms with Crippen LogP contribution in [0.25, 0.3) is 0 Å².